The number of hydrogen-bond donors (Lipinski definition) is 1. The zero-order chi connectivity index (χ0) is 17.5. The van der Waals surface area contributed by atoms with E-state index in [1.54, 1.807) is 0 Å². The smallest absolute Gasteiger partial charge is 0.220 e. The van der Waals surface area contributed by atoms with E-state index in [0.29, 0.717) is 13.0 Å². The van der Waals surface area contributed by atoms with Gasteiger partial charge in [-0.15, -0.1) is 0 Å². The molecule has 1 heterocycles. The number of amides is 1. The standard InChI is InChI=1S/C22H28N2O/c1-18-8-10-19(11-9-18)12-13-22(25)23-16-20-6-2-3-7-21(20)17-24-14-4-5-15-24/h2-3,6-11H,4-5,12-17H2,1H3,(H,23,25). The number of hydrogen-bond acceptors (Lipinski definition) is 2. The quantitative estimate of drug-likeness (QED) is 0.833. The summed E-state index contributed by atoms with van der Waals surface area (Å²) >= 11 is 0. The highest BCUT2D eigenvalue weighted by molar-refractivity contribution is 5.76. The summed E-state index contributed by atoms with van der Waals surface area (Å²) in [7, 11) is 0. The lowest BCUT2D eigenvalue weighted by molar-refractivity contribution is -0.121. The first-order valence-corrected chi connectivity index (χ1v) is 9.32. The first-order valence-electron chi connectivity index (χ1n) is 9.32. The summed E-state index contributed by atoms with van der Waals surface area (Å²) in [4.78, 5) is 14.7. The van der Waals surface area contributed by atoms with Gasteiger partial charge in [-0.2, -0.15) is 0 Å². The van der Waals surface area contributed by atoms with E-state index in [0.717, 1.165) is 13.0 Å². The van der Waals surface area contributed by atoms with Crippen LogP contribution in [0.3, 0.4) is 0 Å². The number of nitrogens with one attached hydrogen (secondary N) is 1. The summed E-state index contributed by atoms with van der Waals surface area (Å²) in [5.41, 5.74) is 5.04. The van der Waals surface area contributed by atoms with E-state index >= 15 is 0 Å². The third kappa shape index (κ3) is 5.43. The third-order valence-corrected chi connectivity index (χ3v) is 4.95. The highest BCUT2D eigenvalue weighted by Gasteiger charge is 2.13. The Morgan fingerprint density at radius 2 is 1.68 bits per heavy atom. The van der Waals surface area contributed by atoms with E-state index in [-0.39, 0.29) is 5.91 Å². The molecule has 1 N–H and O–H groups in total. The van der Waals surface area contributed by atoms with Gasteiger partial charge >= 0.3 is 0 Å². The molecule has 3 rings (SSSR count). The number of nitrogens with zero attached hydrogens (tertiary/aromatic N) is 1. The summed E-state index contributed by atoms with van der Waals surface area (Å²) in [5.74, 6) is 0.122. The van der Waals surface area contributed by atoms with Crippen molar-refractivity contribution in [2.45, 2.75) is 45.7 Å². The van der Waals surface area contributed by atoms with Crippen LogP contribution in [-0.4, -0.2) is 23.9 Å². The molecule has 132 valence electrons. The fourth-order valence-corrected chi connectivity index (χ4v) is 3.36. The van der Waals surface area contributed by atoms with Gasteiger partial charge in [-0.05, 0) is 56.0 Å². The lowest BCUT2D eigenvalue weighted by atomic mass is 10.1. The Bertz CT molecular complexity index is 687. The van der Waals surface area contributed by atoms with Crippen LogP contribution in [0.5, 0.6) is 0 Å². The van der Waals surface area contributed by atoms with Crippen LogP contribution in [0.25, 0.3) is 0 Å². The number of carbonyl (C=O) groups is 1. The zero-order valence-electron chi connectivity index (χ0n) is 15.1. The fourth-order valence-electron chi connectivity index (χ4n) is 3.36. The van der Waals surface area contributed by atoms with Crippen molar-refractivity contribution in [3.63, 3.8) is 0 Å². The average molecular weight is 336 g/mol. The van der Waals surface area contributed by atoms with Crippen LogP contribution in [0.15, 0.2) is 48.5 Å². The highest BCUT2D eigenvalue weighted by Crippen LogP contribution is 2.16. The van der Waals surface area contributed by atoms with Crippen LogP contribution in [0, 0.1) is 6.92 Å². The molecule has 0 spiro atoms. The molecule has 1 fully saturated rings. The van der Waals surface area contributed by atoms with Gasteiger partial charge in [0.2, 0.25) is 5.91 Å². The van der Waals surface area contributed by atoms with Gasteiger partial charge < -0.3 is 5.32 Å². The fraction of sp³-hybridized carbons (Fsp3) is 0.409. The van der Waals surface area contributed by atoms with Gasteiger partial charge in [-0.1, -0.05) is 54.1 Å². The second kappa shape index (κ2) is 8.82. The molecule has 1 aliphatic heterocycles. The second-order valence-electron chi connectivity index (χ2n) is 7.01. The summed E-state index contributed by atoms with van der Waals surface area (Å²) in [6.07, 6.45) is 3.94. The molecule has 3 nitrogen and oxygen atoms in total. The Morgan fingerprint density at radius 3 is 2.40 bits per heavy atom. The van der Waals surface area contributed by atoms with Gasteiger partial charge in [0.1, 0.15) is 0 Å². The molecule has 0 atom stereocenters. The lowest BCUT2D eigenvalue weighted by Crippen LogP contribution is -2.25. The number of likely N-dealkylation sites (tertiary alicyclic amines) is 1. The number of benzene rings is 2. The molecule has 3 heteroatoms. The van der Waals surface area contributed by atoms with Crippen molar-refractivity contribution in [2.24, 2.45) is 0 Å². The Hall–Kier alpha value is -2.13. The van der Waals surface area contributed by atoms with Crippen LogP contribution >= 0.6 is 0 Å². The summed E-state index contributed by atoms with van der Waals surface area (Å²) in [6, 6.07) is 16.9. The number of carbonyl (C=O) groups excluding carboxylic acids is 1. The van der Waals surface area contributed by atoms with Crippen LogP contribution in [-0.2, 0) is 24.3 Å². The minimum atomic E-state index is 0.122. The van der Waals surface area contributed by atoms with Gasteiger partial charge in [-0.25, -0.2) is 0 Å². The largest absolute Gasteiger partial charge is 0.352 e. The predicted octanol–water partition coefficient (Wildman–Crippen LogP) is 3.84. The number of rotatable bonds is 7. The van der Waals surface area contributed by atoms with E-state index in [9.17, 15) is 4.79 Å². The average Bonchev–Trinajstić information content (AvgIpc) is 3.13. The SMILES string of the molecule is Cc1ccc(CCC(=O)NCc2ccccc2CN2CCCC2)cc1. The monoisotopic (exact) mass is 336 g/mol. The molecular weight excluding hydrogens is 308 g/mol. The van der Waals surface area contributed by atoms with Crippen molar-refractivity contribution < 1.29 is 4.79 Å². The second-order valence-corrected chi connectivity index (χ2v) is 7.01. The molecule has 0 saturated carbocycles. The highest BCUT2D eigenvalue weighted by atomic mass is 16.1. The van der Waals surface area contributed by atoms with Crippen LogP contribution in [0.1, 0.15) is 41.5 Å². The molecule has 1 saturated heterocycles. The van der Waals surface area contributed by atoms with Crippen molar-refractivity contribution >= 4 is 5.91 Å². The molecule has 0 aliphatic carbocycles. The number of aryl methyl sites for hydroxylation is 2. The summed E-state index contributed by atoms with van der Waals surface area (Å²) in [6.45, 7) is 6.08. The van der Waals surface area contributed by atoms with Gasteiger partial charge in [0.05, 0.1) is 0 Å². The predicted molar refractivity (Wildman–Crippen MR) is 102 cm³/mol. The van der Waals surface area contributed by atoms with Crippen molar-refractivity contribution in [2.75, 3.05) is 13.1 Å². The van der Waals surface area contributed by atoms with Gasteiger partial charge in [-0.3, -0.25) is 9.69 Å². The molecular formula is C22H28N2O. The van der Waals surface area contributed by atoms with E-state index in [2.05, 4.69) is 65.7 Å². The van der Waals surface area contributed by atoms with Crippen LogP contribution < -0.4 is 5.32 Å². The molecule has 0 unspecified atom stereocenters. The third-order valence-electron chi connectivity index (χ3n) is 4.95. The van der Waals surface area contributed by atoms with E-state index in [1.165, 1.54) is 48.2 Å². The summed E-state index contributed by atoms with van der Waals surface area (Å²) < 4.78 is 0. The summed E-state index contributed by atoms with van der Waals surface area (Å²) in [5, 5.41) is 3.09. The zero-order valence-corrected chi connectivity index (χ0v) is 15.1. The molecule has 0 aromatic heterocycles. The topological polar surface area (TPSA) is 32.3 Å². The lowest BCUT2D eigenvalue weighted by Gasteiger charge is -2.17. The Morgan fingerprint density at radius 1 is 1.00 bits per heavy atom. The van der Waals surface area contributed by atoms with Crippen molar-refractivity contribution in [1.29, 1.82) is 0 Å². The van der Waals surface area contributed by atoms with Gasteiger partial charge in [0.25, 0.3) is 0 Å². The van der Waals surface area contributed by atoms with Crippen molar-refractivity contribution in [3.8, 4) is 0 Å². The first-order chi connectivity index (χ1) is 12.2. The molecule has 25 heavy (non-hydrogen) atoms. The van der Waals surface area contributed by atoms with E-state index in [4.69, 9.17) is 0 Å². The van der Waals surface area contributed by atoms with Crippen LogP contribution in [0.4, 0.5) is 0 Å². The van der Waals surface area contributed by atoms with Crippen molar-refractivity contribution in [3.05, 3.63) is 70.8 Å². The van der Waals surface area contributed by atoms with Gasteiger partial charge in [0, 0.05) is 19.5 Å². The molecule has 1 aliphatic rings. The van der Waals surface area contributed by atoms with E-state index in [1.807, 2.05) is 0 Å². The molecule has 1 amide bonds. The maximum absolute atomic E-state index is 12.2. The Balaban J connectivity index is 1.49. The normalized spacial score (nSPS) is 14.6. The molecule has 0 radical (unpaired) electrons. The Labute approximate surface area is 151 Å². The van der Waals surface area contributed by atoms with Crippen LogP contribution in [0.2, 0.25) is 0 Å². The molecule has 2 aromatic rings. The molecule has 0 bridgehead atoms. The van der Waals surface area contributed by atoms with Gasteiger partial charge in [0.15, 0.2) is 0 Å². The minimum absolute atomic E-state index is 0.122. The van der Waals surface area contributed by atoms with E-state index < -0.39 is 0 Å². The molecule has 2 aromatic carbocycles. The van der Waals surface area contributed by atoms with Crippen molar-refractivity contribution in [1.82, 2.24) is 10.2 Å². The first kappa shape index (κ1) is 17.7. The Kier molecular flexibility index (Phi) is 6.24. The maximum atomic E-state index is 12.2. The minimum Gasteiger partial charge on any atom is -0.352 e. The maximum Gasteiger partial charge on any atom is 0.220 e.